The van der Waals surface area contributed by atoms with Crippen LogP contribution in [0.4, 0.5) is 10.2 Å². The van der Waals surface area contributed by atoms with Gasteiger partial charge in [-0.05, 0) is 38.5 Å². The Labute approximate surface area is 157 Å². The largest absolute Gasteiger partial charge is 0.496 e. The number of ether oxygens (including phenoxy) is 1. The first kappa shape index (κ1) is 19.0. The summed E-state index contributed by atoms with van der Waals surface area (Å²) in [4.78, 5) is 22.1. The van der Waals surface area contributed by atoms with Crippen LogP contribution in [0.15, 0.2) is 18.2 Å². The van der Waals surface area contributed by atoms with Gasteiger partial charge in [-0.3, -0.25) is 4.79 Å². The van der Waals surface area contributed by atoms with Crippen molar-refractivity contribution in [1.82, 2.24) is 15.3 Å². The van der Waals surface area contributed by atoms with E-state index in [1.807, 2.05) is 13.8 Å². The predicted molar refractivity (Wildman–Crippen MR) is 100 cm³/mol. The summed E-state index contributed by atoms with van der Waals surface area (Å²) >= 11 is 0. The van der Waals surface area contributed by atoms with Crippen LogP contribution in [0.1, 0.15) is 33.9 Å². The summed E-state index contributed by atoms with van der Waals surface area (Å²) in [5, 5.41) is 3.45. The highest BCUT2D eigenvalue weighted by Gasteiger charge is 2.26. The average molecular weight is 373 g/mol. The molecule has 2 aromatic rings. The molecule has 2 heterocycles. The van der Waals surface area contributed by atoms with Crippen LogP contribution in [0.25, 0.3) is 0 Å². The number of primary amides is 1. The summed E-state index contributed by atoms with van der Waals surface area (Å²) in [6.45, 7) is 5.82. The van der Waals surface area contributed by atoms with Gasteiger partial charge in [0.05, 0.1) is 7.11 Å². The number of nitrogens with one attached hydrogen (secondary N) is 1. The highest BCUT2D eigenvalue weighted by molar-refractivity contribution is 5.89. The molecule has 0 unspecified atom stereocenters. The third-order valence-corrected chi connectivity index (χ3v) is 4.90. The number of carbonyl (C=O) groups excluding carboxylic acids is 1. The summed E-state index contributed by atoms with van der Waals surface area (Å²) in [5.74, 6) is 0.517. The molecule has 7 nitrogen and oxygen atoms in total. The molecule has 3 N–H and O–H groups in total. The number of rotatable bonds is 6. The molecule has 1 amide bonds. The van der Waals surface area contributed by atoms with E-state index in [2.05, 4.69) is 20.2 Å². The maximum Gasteiger partial charge on any atom is 0.286 e. The van der Waals surface area contributed by atoms with E-state index in [0.717, 1.165) is 42.1 Å². The van der Waals surface area contributed by atoms with Gasteiger partial charge < -0.3 is 20.7 Å². The van der Waals surface area contributed by atoms with Gasteiger partial charge in [0.1, 0.15) is 17.4 Å². The van der Waals surface area contributed by atoms with Crippen molar-refractivity contribution in [3.05, 3.63) is 46.7 Å². The van der Waals surface area contributed by atoms with E-state index in [1.54, 1.807) is 13.2 Å². The first-order chi connectivity index (χ1) is 12.9. The quantitative estimate of drug-likeness (QED) is 0.801. The number of aryl methyl sites for hydroxylation is 1. The Morgan fingerprint density at radius 2 is 2.19 bits per heavy atom. The highest BCUT2D eigenvalue weighted by atomic mass is 19.1. The van der Waals surface area contributed by atoms with E-state index < -0.39 is 5.91 Å². The van der Waals surface area contributed by atoms with E-state index >= 15 is 0 Å². The molecule has 1 aromatic carbocycles. The van der Waals surface area contributed by atoms with Gasteiger partial charge in [0.2, 0.25) is 5.82 Å². The number of nitrogens with two attached hydrogens (primary N) is 1. The number of anilines is 1. The number of aromatic nitrogens is 2. The van der Waals surface area contributed by atoms with Crippen LogP contribution < -0.4 is 20.7 Å². The van der Waals surface area contributed by atoms with Gasteiger partial charge in [-0.15, -0.1) is 0 Å². The van der Waals surface area contributed by atoms with Crippen LogP contribution in [0.3, 0.4) is 0 Å². The lowest BCUT2D eigenvalue weighted by atomic mass is 10.1. The second kappa shape index (κ2) is 7.87. The van der Waals surface area contributed by atoms with Crippen molar-refractivity contribution in [1.29, 1.82) is 0 Å². The van der Waals surface area contributed by atoms with Gasteiger partial charge in [0.15, 0.2) is 0 Å². The zero-order valence-electron chi connectivity index (χ0n) is 15.8. The first-order valence-electron chi connectivity index (χ1n) is 8.84. The van der Waals surface area contributed by atoms with Gasteiger partial charge in [0, 0.05) is 42.5 Å². The molecule has 1 aromatic heterocycles. The summed E-state index contributed by atoms with van der Waals surface area (Å²) in [6.07, 6.45) is 0.909. The summed E-state index contributed by atoms with van der Waals surface area (Å²) in [7, 11) is 1.57. The van der Waals surface area contributed by atoms with E-state index in [4.69, 9.17) is 10.5 Å². The summed E-state index contributed by atoms with van der Waals surface area (Å²) < 4.78 is 18.8. The number of amides is 1. The fraction of sp³-hybridized carbons (Fsp3) is 0.421. The second-order valence-electron chi connectivity index (χ2n) is 6.71. The molecule has 0 bridgehead atoms. The lowest BCUT2D eigenvalue weighted by Gasteiger charge is -2.21. The predicted octanol–water partition coefficient (Wildman–Crippen LogP) is 1.71. The zero-order valence-corrected chi connectivity index (χ0v) is 15.8. The topological polar surface area (TPSA) is 93.4 Å². The Balaban J connectivity index is 1.69. The molecule has 0 saturated carbocycles. The number of carbonyl (C=O) groups is 1. The maximum absolute atomic E-state index is 13.5. The van der Waals surface area contributed by atoms with E-state index in [0.29, 0.717) is 12.3 Å². The van der Waals surface area contributed by atoms with Crippen molar-refractivity contribution in [2.75, 3.05) is 25.1 Å². The minimum absolute atomic E-state index is 0.0361. The second-order valence-corrected chi connectivity index (χ2v) is 6.71. The molecule has 1 aliphatic heterocycles. The SMILES string of the molecule is COc1ccc(F)cc1CN[C@@H]1CCN(c2nc(C(N)=O)nc(C)c2C)C1. The molecule has 1 aliphatic rings. The van der Waals surface area contributed by atoms with E-state index in [1.165, 1.54) is 12.1 Å². The van der Waals surface area contributed by atoms with Crippen molar-refractivity contribution in [2.24, 2.45) is 5.73 Å². The lowest BCUT2D eigenvalue weighted by molar-refractivity contribution is 0.0990. The van der Waals surface area contributed by atoms with Crippen molar-refractivity contribution >= 4 is 11.7 Å². The van der Waals surface area contributed by atoms with Gasteiger partial charge in [-0.1, -0.05) is 0 Å². The monoisotopic (exact) mass is 373 g/mol. The molecule has 8 heteroatoms. The normalized spacial score (nSPS) is 16.6. The summed E-state index contributed by atoms with van der Waals surface area (Å²) in [5.41, 5.74) is 7.80. The number of hydrogen-bond donors (Lipinski definition) is 2. The van der Waals surface area contributed by atoms with Crippen LogP contribution in [-0.4, -0.2) is 42.1 Å². The number of methoxy groups -OCH3 is 1. The Hall–Kier alpha value is -2.74. The standard InChI is InChI=1S/C19H24FN5O2/c1-11-12(2)23-18(17(21)26)24-19(11)25-7-6-15(10-25)22-9-13-8-14(20)4-5-16(13)27-3/h4-5,8,15,22H,6-7,9-10H2,1-3H3,(H2,21,26)/t15-/m1/s1. The number of halogens is 1. The van der Waals surface area contributed by atoms with Crippen LogP contribution >= 0.6 is 0 Å². The smallest absolute Gasteiger partial charge is 0.286 e. The molecular weight excluding hydrogens is 349 g/mol. The van der Waals surface area contributed by atoms with Crippen LogP contribution in [0.2, 0.25) is 0 Å². The average Bonchev–Trinajstić information content (AvgIpc) is 3.10. The Morgan fingerprint density at radius 3 is 2.89 bits per heavy atom. The number of nitrogens with zero attached hydrogens (tertiary/aromatic N) is 3. The fourth-order valence-electron chi connectivity index (χ4n) is 3.29. The van der Waals surface area contributed by atoms with Crippen molar-refractivity contribution in [3.63, 3.8) is 0 Å². The van der Waals surface area contributed by atoms with E-state index in [-0.39, 0.29) is 17.7 Å². The van der Waals surface area contributed by atoms with Crippen LogP contribution in [0.5, 0.6) is 5.75 Å². The van der Waals surface area contributed by atoms with E-state index in [9.17, 15) is 9.18 Å². The van der Waals surface area contributed by atoms with Gasteiger partial charge >= 0.3 is 0 Å². The minimum atomic E-state index is -0.633. The van der Waals surface area contributed by atoms with Crippen molar-refractivity contribution in [3.8, 4) is 5.75 Å². The van der Waals surface area contributed by atoms with Crippen LogP contribution in [-0.2, 0) is 6.54 Å². The molecule has 0 aliphatic carbocycles. The summed E-state index contributed by atoms with van der Waals surface area (Å²) in [6, 6.07) is 4.71. The van der Waals surface area contributed by atoms with Gasteiger partial charge in [-0.2, -0.15) is 0 Å². The Kier molecular flexibility index (Phi) is 5.55. The molecule has 3 rings (SSSR count). The third kappa shape index (κ3) is 4.16. The molecule has 1 atom stereocenters. The van der Waals surface area contributed by atoms with Crippen LogP contribution in [0, 0.1) is 19.7 Å². The Bertz CT molecular complexity index is 858. The Morgan fingerprint density at radius 1 is 1.41 bits per heavy atom. The molecule has 1 fully saturated rings. The maximum atomic E-state index is 13.5. The fourth-order valence-corrected chi connectivity index (χ4v) is 3.29. The third-order valence-electron chi connectivity index (χ3n) is 4.90. The number of hydrogen-bond acceptors (Lipinski definition) is 6. The molecule has 1 saturated heterocycles. The molecule has 0 spiro atoms. The van der Waals surface area contributed by atoms with Gasteiger partial charge in [0.25, 0.3) is 5.91 Å². The lowest BCUT2D eigenvalue weighted by Crippen LogP contribution is -2.33. The highest BCUT2D eigenvalue weighted by Crippen LogP contribution is 2.25. The first-order valence-corrected chi connectivity index (χ1v) is 8.84. The zero-order chi connectivity index (χ0) is 19.6. The molecule has 27 heavy (non-hydrogen) atoms. The minimum Gasteiger partial charge on any atom is -0.496 e. The molecule has 0 radical (unpaired) electrons. The van der Waals surface area contributed by atoms with Crippen molar-refractivity contribution in [2.45, 2.75) is 32.9 Å². The molecular formula is C19H24FN5O2. The van der Waals surface area contributed by atoms with Crippen molar-refractivity contribution < 1.29 is 13.9 Å². The molecule has 144 valence electrons. The number of benzene rings is 1. The van der Waals surface area contributed by atoms with Gasteiger partial charge in [-0.25, -0.2) is 14.4 Å².